The molecule has 1 fully saturated rings. The molecule has 1 atom stereocenters. The van der Waals surface area contributed by atoms with Gasteiger partial charge in [-0.1, -0.05) is 12.1 Å². The zero-order valence-electron chi connectivity index (χ0n) is 21.6. The van der Waals surface area contributed by atoms with Crippen molar-refractivity contribution < 1.29 is 17.9 Å². The van der Waals surface area contributed by atoms with E-state index in [0.717, 1.165) is 37.9 Å². The number of hydrogen-bond donors (Lipinski definition) is 1. The third kappa shape index (κ3) is 5.18. The van der Waals surface area contributed by atoms with Gasteiger partial charge in [0.05, 0.1) is 24.1 Å². The predicted molar refractivity (Wildman–Crippen MR) is 136 cm³/mol. The number of ether oxygens (including phenoxy) is 1. The quantitative estimate of drug-likeness (QED) is 0.486. The molecule has 4 rings (SSSR count). The van der Waals surface area contributed by atoms with Crippen LogP contribution in [0.5, 0.6) is 5.88 Å². The summed E-state index contributed by atoms with van der Waals surface area (Å²) in [5.74, 6) is 1.52. The fourth-order valence-electron chi connectivity index (χ4n) is 4.82. The summed E-state index contributed by atoms with van der Waals surface area (Å²) in [7, 11) is 1.59. The molecule has 0 aliphatic carbocycles. The number of benzene rings is 1. The van der Waals surface area contributed by atoms with E-state index >= 15 is 0 Å². The highest BCUT2D eigenvalue weighted by atomic mass is 19.4. The largest absolute Gasteiger partial charge is 0.479 e. The number of aryl methyl sites for hydroxylation is 1. The number of piperazine rings is 1. The zero-order chi connectivity index (χ0) is 26.2. The molecule has 0 unspecified atom stereocenters. The van der Waals surface area contributed by atoms with E-state index in [1.807, 2.05) is 13.0 Å². The summed E-state index contributed by atoms with van der Waals surface area (Å²) in [4.78, 5) is 18.4. The fourth-order valence-corrected chi connectivity index (χ4v) is 4.82. The van der Waals surface area contributed by atoms with Crippen LogP contribution in [0.4, 0.5) is 24.7 Å². The lowest BCUT2D eigenvalue weighted by atomic mass is 9.97. The van der Waals surface area contributed by atoms with Crippen molar-refractivity contribution in [3.63, 3.8) is 0 Å². The molecule has 1 saturated heterocycles. The molecule has 1 N–H and O–H groups in total. The van der Waals surface area contributed by atoms with E-state index in [1.54, 1.807) is 20.1 Å². The molecular weight excluding hydrogens is 469 g/mol. The Morgan fingerprint density at radius 2 is 1.69 bits per heavy atom. The SMILES string of the molecule is COc1nc2nc(C)nc(N[C@H](C)c3cccc(C(F)(F)F)c3C)c2cc1N1CCN(C(C)C)CC1. The number of fused-ring (bicyclic) bond motifs is 1. The van der Waals surface area contributed by atoms with Crippen molar-refractivity contribution in [3.8, 4) is 5.88 Å². The Balaban J connectivity index is 1.71. The summed E-state index contributed by atoms with van der Waals surface area (Å²) >= 11 is 0. The summed E-state index contributed by atoms with van der Waals surface area (Å²) in [5, 5.41) is 4.02. The highest BCUT2D eigenvalue weighted by Gasteiger charge is 2.33. The van der Waals surface area contributed by atoms with Gasteiger partial charge in [0.15, 0.2) is 5.65 Å². The van der Waals surface area contributed by atoms with Crippen molar-refractivity contribution >= 4 is 22.5 Å². The first-order chi connectivity index (χ1) is 17.0. The fraction of sp³-hybridized carbons (Fsp3) is 0.500. The lowest BCUT2D eigenvalue weighted by Gasteiger charge is -2.38. The molecule has 0 spiro atoms. The Morgan fingerprint density at radius 1 is 1.00 bits per heavy atom. The molecule has 7 nitrogen and oxygen atoms in total. The standard InChI is InChI=1S/C26H33F3N6O/c1-15(2)34-10-12-35(13-11-34)22-14-20-23(31-18(5)32-24(20)33-25(22)36-6)30-17(4)19-8-7-9-21(16(19)3)26(27,28)29/h7-9,14-15,17H,10-13H2,1-6H3,(H,30,31,32,33)/t17-/m1/s1. The van der Waals surface area contributed by atoms with Gasteiger partial charge in [0.1, 0.15) is 17.3 Å². The van der Waals surface area contributed by atoms with Crippen molar-refractivity contribution in [2.45, 2.75) is 52.9 Å². The van der Waals surface area contributed by atoms with Crippen LogP contribution in [0.25, 0.3) is 11.0 Å². The second kappa shape index (κ2) is 10.1. The average molecular weight is 503 g/mol. The Kier molecular flexibility index (Phi) is 7.26. The van der Waals surface area contributed by atoms with E-state index in [-0.39, 0.29) is 5.56 Å². The molecule has 0 amide bonds. The van der Waals surface area contributed by atoms with Crippen molar-refractivity contribution in [2.24, 2.45) is 0 Å². The van der Waals surface area contributed by atoms with Crippen LogP contribution in [0.2, 0.25) is 0 Å². The third-order valence-electron chi connectivity index (χ3n) is 6.82. The smallest absolute Gasteiger partial charge is 0.416 e. The van der Waals surface area contributed by atoms with E-state index in [2.05, 4.69) is 43.9 Å². The number of nitrogens with one attached hydrogen (secondary N) is 1. The molecule has 2 aromatic heterocycles. The summed E-state index contributed by atoms with van der Waals surface area (Å²) < 4.78 is 46.0. The van der Waals surface area contributed by atoms with Crippen LogP contribution >= 0.6 is 0 Å². The van der Waals surface area contributed by atoms with Crippen LogP contribution in [0.1, 0.15) is 49.3 Å². The molecule has 3 aromatic rings. The number of halogens is 3. The molecule has 1 aliphatic heterocycles. The molecule has 36 heavy (non-hydrogen) atoms. The number of methoxy groups -OCH3 is 1. The minimum Gasteiger partial charge on any atom is -0.479 e. The maximum Gasteiger partial charge on any atom is 0.416 e. The minimum atomic E-state index is -4.41. The van der Waals surface area contributed by atoms with Gasteiger partial charge in [-0.2, -0.15) is 18.2 Å². The molecule has 10 heteroatoms. The second-order valence-corrected chi connectivity index (χ2v) is 9.51. The maximum absolute atomic E-state index is 13.5. The number of anilines is 2. The lowest BCUT2D eigenvalue weighted by molar-refractivity contribution is -0.138. The van der Waals surface area contributed by atoms with Crippen LogP contribution < -0.4 is 15.0 Å². The van der Waals surface area contributed by atoms with Gasteiger partial charge in [-0.15, -0.1) is 0 Å². The minimum absolute atomic E-state index is 0.198. The topological polar surface area (TPSA) is 66.4 Å². The second-order valence-electron chi connectivity index (χ2n) is 9.51. The molecular formula is C26H33F3N6O. The summed E-state index contributed by atoms with van der Waals surface area (Å²) in [5.41, 5.74) is 1.45. The first kappa shape index (κ1) is 25.9. The van der Waals surface area contributed by atoms with Crippen molar-refractivity contribution in [1.82, 2.24) is 19.9 Å². The summed E-state index contributed by atoms with van der Waals surface area (Å²) in [6.45, 7) is 13.0. The van der Waals surface area contributed by atoms with Gasteiger partial charge in [0, 0.05) is 32.2 Å². The van der Waals surface area contributed by atoms with Crippen LogP contribution in [-0.4, -0.2) is 59.2 Å². The maximum atomic E-state index is 13.5. The Hall–Kier alpha value is -3.14. The predicted octanol–water partition coefficient (Wildman–Crippen LogP) is 5.37. The van der Waals surface area contributed by atoms with Crippen LogP contribution in [0, 0.1) is 13.8 Å². The monoisotopic (exact) mass is 502 g/mol. The first-order valence-corrected chi connectivity index (χ1v) is 12.1. The van der Waals surface area contributed by atoms with Gasteiger partial charge in [-0.05, 0) is 57.9 Å². The van der Waals surface area contributed by atoms with E-state index in [1.165, 1.54) is 13.0 Å². The number of nitrogens with zero attached hydrogens (tertiary/aromatic N) is 5. The van der Waals surface area contributed by atoms with E-state index < -0.39 is 17.8 Å². The average Bonchev–Trinajstić information content (AvgIpc) is 2.82. The van der Waals surface area contributed by atoms with Crippen molar-refractivity contribution in [1.29, 1.82) is 0 Å². The molecule has 3 heterocycles. The van der Waals surface area contributed by atoms with Crippen LogP contribution in [0.3, 0.4) is 0 Å². The Labute approximate surface area is 209 Å². The molecule has 1 aliphatic rings. The van der Waals surface area contributed by atoms with E-state index in [0.29, 0.717) is 40.2 Å². The van der Waals surface area contributed by atoms with Gasteiger partial charge in [0.2, 0.25) is 5.88 Å². The Morgan fingerprint density at radius 3 is 2.31 bits per heavy atom. The van der Waals surface area contributed by atoms with Crippen LogP contribution in [-0.2, 0) is 6.18 Å². The van der Waals surface area contributed by atoms with Crippen molar-refractivity contribution in [3.05, 3.63) is 46.8 Å². The number of hydrogen-bond acceptors (Lipinski definition) is 7. The van der Waals surface area contributed by atoms with Gasteiger partial charge in [-0.3, -0.25) is 4.90 Å². The highest BCUT2D eigenvalue weighted by Crippen LogP contribution is 2.37. The summed E-state index contributed by atoms with van der Waals surface area (Å²) in [6.07, 6.45) is -4.41. The third-order valence-corrected chi connectivity index (χ3v) is 6.82. The van der Waals surface area contributed by atoms with Gasteiger partial charge >= 0.3 is 6.18 Å². The van der Waals surface area contributed by atoms with E-state index in [9.17, 15) is 13.2 Å². The molecule has 1 aromatic carbocycles. The lowest BCUT2D eigenvalue weighted by Crippen LogP contribution is -2.49. The zero-order valence-corrected chi connectivity index (χ0v) is 21.6. The van der Waals surface area contributed by atoms with E-state index in [4.69, 9.17) is 4.74 Å². The first-order valence-electron chi connectivity index (χ1n) is 12.1. The van der Waals surface area contributed by atoms with Gasteiger partial charge < -0.3 is 15.0 Å². The molecule has 194 valence electrons. The van der Waals surface area contributed by atoms with Gasteiger partial charge in [-0.25, -0.2) is 9.97 Å². The highest BCUT2D eigenvalue weighted by molar-refractivity contribution is 5.90. The number of alkyl halides is 3. The number of aromatic nitrogens is 3. The Bertz CT molecular complexity index is 1240. The molecule has 0 bridgehead atoms. The number of rotatable bonds is 6. The molecule has 0 saturated carbocycles. The summed E-state index contributed by atoms with van der Waals surface area (Å²) in [6, 6.07) is 6.28. The van der Waals surface area contributed by atoms with Crippen molar-refractivity contribution in [2.75, 3.05) is 43.5 Å². The van der Waals surface area contributed by atoms with Crippen LogP contribution in [0.15, 0.2) is 24.3 Å². The molecule has 0 radical (unpaired) electrons. The normalized spacial score (nSPS) is 16.0. The number of pyridine rings is 1. The van der Waals surface area contributed by atoms with Gasteiger partial charge in [0.25, 0.3) is 0 Å².